The van der Waals surface area contributed by atoms with Gasteiger partial charge in [0.1, 0.15) is 0 Å². The largest absolute Gasteiger partial charge is 0.395 e. The fraction of sp³-hybridized carbons (Fsp3) is 0.571. The summed E-state index contributed by atoms with van der Waals surface area (Å²) >= 11 is 0. The fourth-order valence-electron chi connectivity index (χ4n) is 2.39. The number of aliphatic hydroxyl groups excluding tert-OH is 1. The van der Waals surface area contributed by atoms with Gasteiger partial charge in [0.15, 0.2) is 0 Å². The highest BCUT2D eigenvalue weighted by Gasteiger charge is 2.26. The van der Waals surface area contributed by atoms with Gasteiger partial charge < -0.3 is 10.4 Å². The molecule has 0 bridgehead atoms. The first kappa shape index (κ1) is 12.6. The Labute approximate surface area is 103 Å². The maximum Gasteiger partial charge on any atom is 0.0599 e. The second-order valence-corrected chi connectivity index (χ2v) is 4.76. The highest BCUT2D eigenvalue weighted by molar-refractivity contribution is 5.14. The number of hydrogen-bond donors (Lipinski definition) is 2. The molecular formula is C14H22N2O. The maximum atomic E-state index is 9.42. The molecule has 0 amide bonds. The van der Waals surface area contributed by atoms with Crippen LogP contribution in [0.4, 0.5) is 0 Å². The summed E-state index contributed by atoms with van der Waals surface area (Å²) in [6.07, 6.45) is 1.14. The molecule has 0 spiro atoms. The van der Waals surface area contributed by atoms with Gasteiger partial charge in [-0.15, -0.1) is 0 Å². The van der Waals surface area contributed by atoms with Crippen LogP contribution in [0.5, 0.6) is 0 Å². The fourth-order valence-corrected chi connectivity index (χ4v) is 2.39. The van der Waals surface area contributed by atoms with Crippen molar-refractivity contribution in [1.29, 1.82) is 0 Å². The van der Waals surface area contributed by atoms with Crippen LogP contribution in [0.1, 0.15) is 18.9 Å². The van der Waals surface area contributed by atoms with E-state index in [-0.39, 0.29) is 12.6 Å². The average Bonchev–Trinajstić information content (AvgIpc) is 2.40. The number of aliphatic hydroxyl groups is 1. The minimum absolute atomic E-state index is 0.232. The Kier molecular flexibility index (Phi) is 4.54. The van der Waals surface area contributed by atoms with Crippen molar-refractivity contribution in [2.24, 2.45) is 0 Å². The zero-order chi connectivity index (χ0) is 12.1. The molecule has 0 radical (unpaired) electrons. The Morgan fingerprint density at radius 1 is 1.35 bits per heavy atom. The van der Waals surface area contributed by atoms with Crippen LogP contribution in [0.15, 0.2) is 30.3 Å². The van der Waals surface area contributed by atoms with E-state index in [1.54, 1.807) is 0 Å². The van der Waals surface area contributed by atoms with E-state index in [0.29, 0.717) is 6.04 Å². The van der Waals surface area contributed by atoms with Crippen LogP contribution < -0.4 is 5.32 Å². The first-order chi connectivity index (χ1) is 8.33. The SMILES string of the molecule is CC[C@@H]1CN(Cc2ccccc2)[C@H](CO)CN1. The van der Waals surface area contributed by atoms with Crippen molar-refractivity contribution < 1.29 is 5.11 Å². The van der Waals surface area contributed by atoms with Gasteiger partial charge in [0.25, 0.3) is 0 Å². The van der Waals surface area contributed by atoms with E-state index in [4.69, 9.17) is 0 Å². The summed E-state index contributed by atoms with van der Waals surface area (Å²) in [5.41, 5.74) is 1.32. The Morgan fingerprint density at radius 3 is 2.76 bits per heavy atom. The topological polar surface area (TPSA) is 35.5 Å². The van der Waals surface area contributed by atoms with Crippen molar-refractivity contribution in [2.75, 3.05) is 19.7 Å². The molecule has 0 unspecified atom stereocenters. The Hall–Kier alpha value is -0.900. The van der Waals surface area contributed by atoms with E-state index < -0.39 is 0 Å². The molecule has 17 heavy (non-hydrogen) atoms. The Bertz CT molecular complexity index is 328. The van der Waals surface area contributed by atoms with Crippen LogP contribution in [0, 0.1) is 0 Å². The third-order valence-corrected chi connectivity index (χ3v) is 3.55. The molecule has 2 N–H and O–H groups in total. The van der Waals surface area contributed by atoms with Crippen molar-refractivity contribution in [1.82, 2.24) is 10.2 Å². The summed E-state index contributed by atoms with van der Waals surface area (Å²) in [5.74, 6) is 0. The first-order valence-electron chi connectivity index (χ1n) is 6.45. The van der Waals surface area contributed by atoms with Gasteiger partial charge in [-0.05, 0) is 12.0 Å². The molecule has 1 fully saturated rings. The number of rotatable bonds is 4. The Balaban J connectivity index is 2.00. The number of nitrogens with zero attached hydrogens (tertiary/aromatic N) is 1. The van der Waals surface area contributed by atoms with Gasteiger partial charge in [0, 0.05) is 31.7 Å². The molecule has 1 aliphatic rings. The van der Waals surface area contributed by atoms with Gasteiger partial charge in [-0.2, -0.15) is 0 Å². The van der Waals surface area contributed by atoms with Gasteiger partial charge in [0.2, 0.25) is 0 Å². The molecule has 94 valence electrons. The third-order valence-electron chi connectivity index (χ3n) is 3.55. The van der Waals surface area contributed by atoms with Gasteiger partial charge in [0.05, 0.1) is 6.61 Å². The molecular weight excluding hydrogens is 212 g/mol. The van der Waals surface area contributed by atoms with Crippen molar-refractivity contribution in [3.8, 4) is 0 Å². The van der Waals surface area contributed by atoms with Gasteiger partial charge >= 0.3 is 0 Å². The van der Waals surface area contributed by atoms with E-state index in [2.05, 4.69) is 41.4 Å². The van der Waals surface area contributed by atoms with Gasteiger partial charge in [-0.25, -0.2) is 0 Å². The highest BCUT2D eigenvalue weighted by atomic mass is 16.3. The monoisotopic (exact) mass is 234 g/mol. The van der Waals surface area contributed by atoms with E-state index in [9.17, 15) is 5.11 Å². The minimum atomic E-state index is 0.232. The highest BCUT2D eigenvalue weighted by Crippen LogP contribution is 2.13. The summed E-state index contributed by atoms with van der Waals surface area (Å²) in [4.78, 5) is 2.39. The maximum absolute atomic E-state index is 9.42. The molecule has 0 aromatic heterocycles. The smallest absolute Gasteiger partial charge is 0.0599 e. The molecule has 1 heterocycles. The van der Waals surface area contributed by atoms with Crippen molar-refractivity contribution in [2.45, 2.75) is 32.0 Å². The second-order valence-electron chi connectivity index (χ2n) is 4.76. The van der Waals surface area contributed by atoms with Crippen LogP contribution in [0.3, 0.4) is 0 Å². The Morgan fingerprint density at radius 2 is 2.12 bits per heavy atom. The average molecular weight is 234 g/mol. The number of hydrogen-bond acceptors (Lipinski definition) is 3. The van der Waals surface area contributed by atoms with Gasteiger partial charge in [-0.1, -0.05) is 37.3 Å². The lowest BCUT2D eigenvalue weighted by atomic mass is 10.1. The predicted octanol–water partition coefficient (Wildman–Crippen LogP) is 1.23. The van der Waals surface area contributed by atoms with Gasteiger partial charge in [-0.3, -0.25) is 4.90 Å². The van der Waals surface area contributed by atoms with E-state index >= 15 is 0 Å². The predicted molar refractivity (Wildman–Crippen MR) is 69.8 cm³/mol. The quantitative estimate of drug-likeness (QED) is 0.822. The number of piperazine rings is 1. The first-order valence-corrected chi connectivity index (χ1v) is 6.45. The molecule has 2 rings (SSSR count). The van der Waals surface area contributed by atoms with Crippen LogP contribution in [-0.4, -0.2) is 41.8 Å². The summed E-state index contributed by atoms with van der Waals surface area (Å²) in [5, 5.41) is 12.9. The summed E-state index contributed by atoms with van der Waals surface area (Å²) in [7, 11) is 0. The van der Waals surface area contributed by atoms with E-state index in [0.717, 1.165) is 26.1 Å². The molecule has 1 aromatic rings. The zero-order valence-electron chi connectivity index (χ0n) is 10.5. The van der Waals surface area contributed by atoms with Crippen molar-refractivity contribution in [3.63, 3.8) is 0 Å². The molecule has 3 heteroatoms. The normalized spacial score (nSPS) is 26.0. The molecule has 2 atom stereocenters. The molecule has 3 nitrogen and oxygen atoms in total. The van der Waals surface area contributed by atoms with Crippen LogP contribution in [-0.2, 0) is 6.54 Å². The lowest BCUT2D eigenvalue weighted by Gasteiger charge is -2.39. The summed E-state index contributed by atoms with van der Waals surface area (Å²) in [6, 6.07) is 11.3. The molecule has 0 saturated carbocycles. The van der Waals surface area contributed by atoms with Crippen LogP contribution >= 0.6 is 0 Å². The summed E-state index contributed by atoms with van der Waals surface area (Å²) in [6.45, 7) is 5.29. The van der Waals surface area contributed by atoms with Crippen molar-refractivity contribution >= 4 is 0 Å². The number of nitrogens with one attached hydrogen (secondary N) is 1. The molecule has 0 aliphatic carbocycles. The molecule has 1 aliphatic heterocycles. The third kappa shape index (κ3) is 3.28. The van der Waals surface area contributed by atoms with Crippen LogP contribution in [0.25, 0.3) is 0 Å². The second kappa shape index (κ2) is 6.15. The summed E-state index contributed by atoms with van der Waals surface area (Å²) < 4.78 is 0. The van der Waals surface area contributed by atoms with Crippen LogP contribution in [0.2, 0.25) is 0 Å². The van der Waals surface area contributed by atoms with Crippen molar-refractivity contribution in [3.05, 3.63) is 35.9 Å². The zero-order valence-corrected chi connectivity index (χ0v) is 10.5. The lowest BCUT2D eigenvalue weighted by Crippen LogP contribution is -2.57. The van der Waals surface area contributed by atoms with E-state index in [1.165, 1.54) is 5.56 Å². The minimum Gasteiger partial charge on any atom is -0.395 e. The lowest BCUT2D eigenvalue weighted by molar-refractivity contribution is 0.0737. The molecule has 1 saturated heterocycles. The number of benzene rings is 1. The van der Waals surface area contributed by atoms with E-state index in [1.807, 2.05) is 6.07 Å². The molecule has 1 aromatic carbocycles. The standard InChI is InChI=1S/C14H22N2O/c1-2-13-10-16(14(11-17)8-15-13)9-12-6-4-3-5-7-12/h3-7,13-15,17H,2,8-11H2,1H3/t13-,14+/m1/s1.